The first kappa shape index (κ1) is 25.9. The van der Waals surface area contributed by atoms with E-state index in [4.69, 9.17) is 9.47 Å². The Balaban J connectivity index is 2.75. The predicted molar refractivity (Wildman–Crippen MR) is 110 cm³/mol. The highest BCUT2D eigenvalue weighted by Crippen LogP contribution is 2.13. The zero-order chi connectivity index (χ0) is 23.6. The molecule has 1 heterocycles. The third kappa shape index (κ3) is 9.45. The molecule has 0 spiro atoms. The number of nitro groups is 1. The first-order valence-electron chi connectivity index (χ1n) is 10.0. The van der Waals surface area contributed by atoms with Crippen LogP contribution < -0.4 is 10.6 Å². The van der Waals surface area contributed by atoms with Crippen molar-refractivity contribution in [1.82, 2.24) is 20.2 Å². The molecule has 12 heteroatoms. The van der Waals surface area contributed by atoms with Gasteiger partial charge in [0.25, 0.3) is 0 Å². The highest BCUT2D eigenvalue weighted by Gasteiger charge is 2.27. The van der Waals surface area contributed by atoms with E-state index in [9.17, 15) is 24.5 Å². The molecule has 0 aliphatic rings. The summed E-state index contributed by atoms with van der Waals surface area (Å²) in [5.41, 5.74) is -0.787. The van der Waals surface area contributed by atoms with Crippen LogP contribution in [0, 0.1) is 17.0 Å². The van der Waals surface area contributed by atoms with Gasteiger partial charge in [-0.05, 0) is 32.1 Å². The lowest BCUT2D eigenvalue weighted by atomic mass is 10.2. The summed E-state index contributed by atoms with van der Waals surface area (Å²) in [6, 6.07) is -1.22. The normalized spacial score (nSPS) is 12.0. The molecule has 0 aliphatic heterocycles. The van der Waals surface area contributed by atoms with Crippen LogP contribution in [0.4, 0.5) is 10.6 Å². The van der Waals surface area contributed by atoms with Gasteiger partial charge in [0, 0.05) is 6.92 Å². The summed E-state index contributed by atoms with van der Waals surface area (Å²) in [6.07, 6.45) is 1.43. The number of aryl methyl sites for hydroxylation is 1. The molecule has 2 N–H and O–H groups in total. The Labute approximate surface area is 180 Å². The van der Waals surface area contributed by atoms with Crippen LogP contribution in [-0.4, -0.2) is 57.2 Å². The minimum absolute atomic E-state index is 0.0221. The van der Waals surface area contributed by atoms with Crippen LogP contribution in [0.15, 0.2) is 6.20 Å². The molecule has 0 saturated carbocycles. The van der Waals surface area contributed by atoms with Gasteiger partial charge in [0.2, 0.25) is 5.91 Å². The van der Waals surface area contributed by atoms with E-state index in [1.807, 2.05) is 6.92 Å². The molecule has 31 heavy (non-hydrogen) atoms. The molecular weight excluding hydrogens is 410 g/mol. The minimum atomic E-state index is -1.22. The maximum atomic E-state index is 12.6. The molecule has 2 amide bonds. The topological polar surface area (TPSA) is 155 Å². The van der Waals surface area contributed by atoms with Crippen LogP contribution in [0.3, 0.4) is 0 Å². The quantitative estimate of drug-likeness (QED) is 0.228. The zero-order valence-electron chi connectivity index (χ0n) is 18.6. The third-order valence-electron chi connectivity index (χ3n) is 3.99. The first-order valence-corrected chi connectivity index (χ1v) is 10.0. The SMILES string of the molecule is CCCCOC(=O)CC(NC(=O)OC(C)(C)C)C(=O)NCCn1c([N+](=O)[O-])cnc1C. The van der Waals surface area contributed by atoms with Crippen LogP contribution in [0.1, 0.15) is 52.8 Å². The highest BCUT2D eigenvalue weighted by molar-refractivity contribution is 5.89. The Morgan fingerprint density at radius 3 is 2.58 bits per heavy atom. The number of alkyl carbamates (subject to hydrolysis) is 1. The average molecular weight is 441 g/mol. The largest absolute Gasteiger partial charge is 0.466 e. The van der Waals surface area contributed by atoms with Gasteiger partial charge in [-0.1, -0.05) is 13.3 Å². The summed E-state index contributed by atoms with van der Waals surface area (Å²) >= 11 is 0. The van der Waals surface area contributed by atoms with Crippen molar-refractivity contribution >= 4 is 23.8 Å². The van der Waals surface area contributed by atoms with Gasteiger partial charge in [-0.15, -0.1) is 0 Å². The van der Waals surface area contributed by atoms with Gasteiger partial charge in [-0.3, -0.25) is 9.59 Å². The second kappa shape index (κ2) is 11.9. The van der Waals surface area contributed by atoms with Gasteiger partial charge < -0.3 is 30.2 Å². The monoisotopic (exact) mass is 441 g/mol. The van der Waals surface area contributed by atoms with Gasteiger partial charge in [0.1, 0.15) is 24.4 Å². The summed E-state index contributed by atoms with van der Waals surface area (Å²) in [7, 11) is 0. The number of hydrogen-bond acceptors (Lipinski definition) is 8. The van der Waals surface area contributed by atoms with Crippen molar-refractivity contribution in [2.24, 2.45) is 0 Å². The average Bonchev–Trinajstić information content (AvgIpc) is 3.00. The molecule has 1 rings (SSSR count). The van der Waals surface area contributed by atoms with E-state index in [1.54, 1.807) is 27.7 Å². The Kier molecular flexibility index (Phi) is 9.90. The molecule has 0 aliphatic carbocycles. The fraction of sp³-hybridized carbons (Fsp3) is 0.684. The van der Waals surface area contributed by atoms with Crippen molar-refractivity contribution in [3.63, 3.8) is 0 Å². The lowest BCUT2D eigenvalue weighted by Gasteiger charge is -2.23. The van der Waals surface area contributed by atoms with E-state index >= 15 is 0 Å². The Bertz CT molecular complexity index is 785. The summed E-state index contributed by atoms with van der Waals surface area (Å²) in [5, 5.41) is 16.0. The van der Waals surface area contributed by atoms with Gasteiger partial charge in [0.05, 0.1) is 19.6 Å². The Morgan fingerprint density at radius 2 is 2.00 bits per heavy atom. The summed E-state index contributed by atoms with van der Waals surface area (Å²) < 4.78 is 11.6. The molecule has 0 bridgehead atoms. The predicted octanol–water partition coefficient (Wildman–Crippen LogP) is 1.84. The summed E-state index contributed by atoms with van der Waals surface area (Å²) in [4.78, 5) is 51.1. The number of carbonyl (C=O) groups excluding carboxylic acids is 3. The van der Waals surface area contributed by atoms with E-state index in [-0.39, 0.29) is 31.9 Å². The number of ether oxygens (including phenoxy) is 2. The van der Waals surface area contributed by atoms with Crippen molar-refractivity contribution in [2.75, 3.05) is 13.2 Å². The Morgan fingerprint density at radius 1 is 1.32 bits per heavy atom. The number of aromatic nitrogens is 2. The number of nitrogens with zero attached hydrogens (tertiary/aromatic N) is 3. The highest BCUT2D eigenvalue weighted by atomic mass is 16.6. The van der Waals surface area contributed by atoms with Crippen molar-refractivity contribution in [1.29, 1.82) is 0 Å². The van der Waals surface area contributed by atoms with E-state index in [2.05, 4.69) is 15.6 Å². The number of esters is 1. The second-order valence-electron chi connectivity index (χ2n) is 7.84. The van der Waals surface area contributed by atoms with E-state index in [0.29, 0.717) is 12.2 Å². The molecule has 174 valence electrons. The van der Waals surface area contributed by atoms with Crippen molar-refractivity contribution in [2.45, 2.75) is 72.1 Å². The minimum Gasteiger partial charge on any atom is -0.466 e. The van der Waals surface area contributed by atoms with Crippen LogP contribution in [0.2, 0.25) is 0 Å². The lowest BCUT2D eigenvalue weighted by molar-refractivity contribution is -0.392. The van der Waals surface area contributed by atoms with E-state index < -0.39 is 34.5 Å². The number of imidazole rings is 1. The summed E-state index contributed by atoms with van der Waals surface area (Å²) in [5.74, 6) is -1.05. The zero-order valence-corrected chi connectivity index (χ0v) is 18.6. The maximum Gasteiger partial charge on any atom is 0.408 e. The molecule has 1 unspecified atom stereocenters. The van der Waals surface area contributed by atoms with Crippen LogP contribution >= 0.6 is 0 Å². The number of amides is 2. The number of unbranched alkanes of at least 4 members (excludes halogenated alkanes) is 1. The van der Waals surface area contributed by atoms with Gasteiger partial charge in [-0.2, -0.15) is 0 Å². The first-order chi connectivity index (χ1) is 14.4. The number of hydrogen-bond donors (Lipinski definition) is 2. The molecule has 0 saturated heterocycles. The van der Waals surface area contributed by atoms with Crippen LogP contribution in [-0.2, 0) is 25.6 Å². The Hall–Kier alpha value is -3.18. The van der Waals surface area contributed by atoms with E-state index in [0.717, 1.165) is 12.6 Å². The molecule has 0 fully saturated rings. The maximum absolute atomic E-state index is 12.6. The van der Waals surface area contributed by atoms with Crippen molar-refractivity contribution < 1.29 is 28.8 Å². The number of rotatable bonds is 11. The van der Waals surface area contributed by atoms with Crippen molar-refractivity contribution in [3.05, 3.63) is 22.1 Å². The lowest BCUT2D eigenvalue weighted by Crippen LogP contribution is -2.49. The fourth-order valence-electron chi connectivity index (χ4n) is 2.51. The van der Waals surface area contributed by atoms with E-state index in [1.165, 1.54) is 4.57 Å². The molecule has 12 nitrogen and oxygen atoms in total. The summed E-state index contributed by atoms with van der Waals surface area (Å²) in [6.45, 7) is 8.89. The smallest absolute Gasteiger partial charge is 0.408 e. The molecule has 1 atom stereocenters. The van der Waals surface area contributed by atoms with Gasteiger partial charge >= 0.3 is 17.9 Å². The van der Waals surface area contributed by atoms with Crippen molar-refractivity contribution in [3.8, 4) is 0 Å². The standard InChI is InChI=1S/C19H31N5O7/c1-6-7-10-30-16(25)11-14(22-18(27)31-19(3,4)5)17(26)20-8-9-23-13(2)21-12-15(23)24(28)29/h12,14H,6-11H2,1-5H3,(H,20,26)(H,22,27). The number of nitrogens with one attached hydrogen (secondary N) is 2. The fourth-order valence-corrected chi connectivity index (χ4v) is 2.51. The molecular formula is C19H31N5O7. The van der Waals surface area contributed by atoms with Gasteiger partial charge in [-0.25, -0.2) is 14.3 Å². The van der Waals surface area contributed by atoms with Crippen LogP contribution in [0.5, 0.6) is 0 Å². The third-order valence-corrected chi connectivity index (χ3v) is 3.99. The van der Waals surface area contributed by atoms with Crippen LogP contribution in [0.25, 0.3) is 0 Å². The molecule has 0 aromatic carbocycles. The molecule has 1 aromatic heterocycles. The molecule has 0 radical (unpaired) electrons. The van der Waals surface area contributed by atoms with Gasteiger partial charge in [0.15, 0.2) is 5.82 Å². The molecule has 1 aromatic rings. The second-order valence-corrected chi connectivity index (χ2v) is 7.84. The number of carbonyl (C=O) groups is 3.